The van der Waals surface area contributed by atoms with Gasteiger partial charge >= 0.3 is 16.9 Å². The van der Waals surface area contributed by atoms with Crippen molar-refractivity contribution in [1.82, 2.24) is 14.2 Å². The molecule has 0 atom stereocenters. The van der Waals surface area contributed by atoms with E-state index in [9.17, 15) is 14.4 Å². The Hall–Kier alpha value is -2.96. The average molecular weight is 271 g/mol. The van der Waals surface area contributed by atoms with Crippen molar-refractivity contribution in [2.45, 2.75) is 0 Å². The van der Waals surface area contributed by atoms with E-state index in [0.29, 0.717) is 4.57 Å². The second kappa shape index (κ2) is 4.30. The van der Waals surface area contributed by atoms with Gasteiger partial charge in [0.2, 0.25) is 0 Å². The lowest BCUT2D eigenvalue weighted by atomic mass is 10.2. The van der Waals surface area contributed by atoms with Gasteiger partial charge in [0.1, 0.15) is 6.20 Å². The maximum atomic E-state index is 12.3. The number of hydrogen-bond donors (Lipinski definition) is 1. The maximum Gasteiger partial charge on any atom is 0.372 e. The number of rotatable bonds is 1. The van der Waals surface area contributed by atoms with E-state index in [0.717, 1.165) is 0 Å². The second-order valence-electron chi connectivity index (χ2n) is 4.33. The van der Waals surface area contributed by atoms with Crippen molar-refractivity contribution in [2.24, 2.45) is 7.05 Å². The minimum atomic E-state index is -0.771. The second-order valence-corrected chi connectivity index (χ2v) is 4.33. The Morgan fingerprint density at radius 1 is 1.20 bits per heavy atom. The van der Waals surface area contributed by atoms with Crippen molar-refractivity contribution in [2.75, 3.05) is 0 Å². The van der Waals surface area contributed by atoms with Crippen LogP contribution in [0.1, 0.15) is 10.4 Å². The lowest BCUT2D eigenvalue weighted by Crippen LogP contribution is -2.45. The number of nitrogens with zero attached hydrogens (tertiary/aromatic N) is 3. The van der Waals surface area contributed by atoms with E-state index in [1.165, 1.54) is 15.3 Å². The third kappa shape index (κ3) is 1.68. The SMILES string of the molecule is C[n+]1ccn2[nH]c(=O)n(C(=O)c3ccccc3)c(=O)c21. The molecule has 0 bridgehead atoms. The molecular weight excluding hydrogens is 260 g/mol. The molecule has 3 aromatic rings. The van der Waals surface area contributed by atoms with Crippen LogP contribution >= 0.6 is 0 Å². The highest BCUT2D eigenvalue weighted by Crippen LogP contribution is 1.99. The zero-order chi connectivity index (χ0) is 14.3. The van der Waals surface area contributed by atoms with Crippen molar-refractivity contribution < 1.29 is 9.36 Å². The van der Waals surface area contributed by atoms with Gasteiger partial charge in [0, 0.05) is 5.56 Å². The largest absolute Gasteiger partial charge is 0.372 e. The van der Waals surface area contributed by atoms with Crippen molar-refractivity contribution in [1.29, 1.82) is 0 Å². The van der Waals surface area contributed by atoms with Crippen LogP contribution in [0.3, 0.4) is 0 Å². The van der Waals surface area contributed by atoms with E-state index in [-0.39, 0.29) is 11.2 Å². The van der Waals surface area contributed by atoms with Gasteiger partial charge in [-0.25, -0.2) is 9.36 Å². The highest BCUT2D eigenvalue weighted by Gasteiger charge is 2.21. The van der Waals surface area contributed by atoms with E-state index >= 15 is 0 Å². The molecule has 0 unspecified atom stereocenters. The number of fused-ring (bicyclic) bond motifs is 1. The molecule has 7 heteroatoms. The molecule has 0 aliphatic rings. The lowest BCUT2D eigenvalue weighted by molar-refractivity contribution is -0.645. The van der Waals surface area contributed by atoms with Crippen LogP contribution in [0.25, 0.3) is 5.65 Å². The number of nitrogens with one attached hydrogen (secondary N) is 1. The predicted molar refractivity (Wildman–Crippen MR) is 69.6 cm³/mol. The van der Waals surface area contributed by atoms with Gasteiger partial charge in [0.25, 0.3) is 5.91 Å². The molecule has 0 spiro atoms. The number of H-pyrrole nitrogens is 1. The van der Waals surface area contributed by atoms with E-state index < -0.39 is 17.2 Å². The molecule has 0 fully saturated rings. The molecule has 7 nitrogen and oxygen atoms in total. The fraction of sp³-hybridized carbons (Fsp3) is 0.0769. The summed E-state index contributed by atoms with van der Waals surface area (Å²) in [5, 5.41) is 2.45. The molecule has 0 saturated carbocycles. The van der Waals surface area contributed by atoms with Gasteiger partial charge in [0.15, 0.2) is 6.20 Å². The van der Waals surface area contributed by atoms with Gasteiger partial charge in [-0.05, 0) is 12.1 Å². The van der Waals surface area contributed by atoms with Gasteiger partial charge in [-0.3, -0.25) is 9.59 Å². The van der Waals surface area contributed by atoms with Crippen molar-refractivity contribution in [3.8, 4) is 0 Å². The summed E-state index contributed by atoms with van der Waals surface area (Å²) < 4.78 is 3.43. The monoisotopic (exact) mass is 271 g/mol. The Kier molecular flexibility index (Phi) is 2.60. The summed E-state index contributed by atoms with van der Waals surface area (Å²) in [6.45, 7) is 0. The molecule has 0 radical (unpaired) electrons. The van der Waals surface area contributed by atoms with Gasteiger partial charge in [-0.2, -0.15) is 9.67 Å². The lowest BCUT2D eigenvalue weighted by Gasteiger charge is -2.01. The number of aryl methyl sites for hydroxylation is 1. The first kappa shape index (κ1) is 12.1. The first-order valence-corrected chi connectivity index (χ1v) is 5.91. The first-order valence-electron chi connectivity index (χ1n) is 5.91. The number of benzene rings is 1. The number of aromatic amines is 1. The fourth-order valence-corrected chi connectivity index (χ4v) is 2.06. The molecule has 1 N–H and O–H groups in total. The summed E-state index contributed by atoms with van der Waals surface area (Å²) in [5.41, 5.74) is -0.949. The first-order chi connectivity index (χ1) is 9.59. The number of carbonyl (C=O) groups excluding carboxylic acids is 1. The van der Waals surface area contributed by atoms with Gasteiger partial charge in [-0.1, -0.05) is 18.2 Å². The molecule has 2 aromatic heterocycles. The molecule has 1 aromatic carbocycles. The van der Waals surface area contributed by atoms with E-state index in [4.69, 9.17) is 0 Å². The number of imidazole rings is 1. The van der Waals surface area contributed by atoms with Crippen LogP contribution in [0.5, 0.6) is 0 Å². The third-order valence-electron chi connectivity index (χ3n) is 3.04. The Morgan fingerprint density at radius 3 is 2.60 bits per heavy atom. The Morgan fingerprint density at radius 2 is 1.90 bits per heavy atom. The molecule has 20 heavy (non-hydrogen) atoms. The minimum absolute atomic E-state index is 0.203. The van der Waals surface area contributed by atoms with Crippen LogP contribution in [0.15, 0.2) is 52.3 Å². The van der Waals surface area contributed by atoms with Crippen LogP contribution in [0, 0.1) is 0 Å². The predicted octanol–water partition coefficient (Wildman–Crippen LogP) is -0.698. The van der Waals surface area contributed by atoms with E-state index in [2.05, 4.69) is 5.10 Å². The summed E-state index contributed by atoms with van der Waals surface area (Å²) >= 11 is 0. The van der Waals surface area contributed by atoms with Crippen LogP contribution in [-0.2, 0) is 7.05 Å². The quantitative estimate of drug-likeness (QED) is 0.594. The number of carbonyl (C=O) groups is 1. The Balaban J connectivity index is 2.32. The van der Waals surface area contributed by atoms with Crippen LogP contribution < -0.4 is 15.8 Å². The van der Waals surface area contributed by atoms with Crippen molar-refractivity contribution >= 4 is 11.6 Å². The highest BCUT2D eigenvalue weighted by atomic mass is 16.2. The molecule has 100 valence electrons. The third-order valence-corrected chi connectivity index (χ3v) is 3.04. The molecule has 0 aliphatic heterocycles. The van der Waals surface area contributed by atoms with E-state index in [1.807, 2.05) is 0 Å². The smallest absolute Gasteiger partial charge is 0.268 e. The zero-order valence-electron chi connectivity index (χ0n) is 10.6. The van der Waals surface area contributed by atoms with Gasteiger partial charge in [0.05, 0.1) is 7.05 Å². The molecular formula is C13H11N4O3+. The normalized spacial score (nSPS) is 10.8. The Labute approximate surface area is 112 Å². The number of hydrogen-bond acceptors (Lipinski definition) is 3. The highest BCUT2D eigenvalue weighted by molar-refractivity contribution is 5.95. The average Bonchev–Trinajstić information content (AvgIpc) is 2.81. The summed E-state index contributed by atoms with van der Waals surface area (Å²) in [7, 11) is 1.66. The van der Waals surface area contributed by atoms with Crippen LogP contribution in [0.2, 0.25) is 0 Å². The minimum Gasteiger partial charge on any atom is -0.268 e. The molecule has 3 rings (SSSR count). The van der Waals surface area contributed by atoms with Crippen LogP contribution in [0.4, 0.5) is 0 Å². The maximum absolute atomic E-state index is 12.3. The molecule has 2 heterocycles. The van der Waals surface area contributed by atoms with Gasteiger partial charge < -0.3 is 0 Å². The Bertz CT molecular complexity index is 918. The number of aromatic nitrogens is 4. The fourth-order valence-electron chi connectivity index (χ4n) is 2.06. The molecule has 0 saturated heterocycles. The van der Waals surface area contributed by atoms with Crippen molar-refractivity contribution in [3.63, 3.8) is 0 Å². The van der Waals surface area contributed by atoms with Crippen LogP contribution in [-0.4, -0.2) is 20.1 Å². The summed E-state index contributed by atoms with van der Waals surface area (Å²) in [6, 6.07) is 8.19. The summed E-state index contributed by atoms with van der Waals surface area (Å²) in [4.78, 5) is 36.6. The van der Waals surface area contributed by atoms with Crippen molar-refractivity contribution in [3.05, 3.63) is 69.1 Å². The zero-order valence-corrected chi connectivity index (χ0v) is 10.6. The summed E-state index contributed by atoms with van der Waals surface area (Å²) in [5.74, 6) is -0.652. The molecule has 0 aliphatic carbocycles. The standard InChI is InChI=1S/C13H10N4O3/c1-15-7-8-16-10(15)12(19)17(13(20)14-16)11(18)9-5-3-2-4-6-9/h2-8H,1H3/p+1. The van der Waals surface area contributed by atoms with Gasteiger partial charge in [-0.15, -0.1) is 4.52 Å². The molecule has 0 amide bonds. The van der Waals surface area contributed by atoms with E-state index in [1.54, 1.807) is 43.6 Å². The summed E-state index contributed by atoms with van der Waals surface area (Å²) in [6.07, 6.45) is 3.15. The topological polar surface area (TPSA) is 80.2 Å².